The van der Waals surface area contributed by atoms with Gasteiger partial charge in [0.15, 0.2) is 0 Å². The second kappa shape index (κ2) is 4.35. The van der Waals surface area contributed by atoms with Crippen molar-refractivity contribution in [2.24, 2.45) is 0 Å². The number of hydrogen-bond donors (Lipinski definition) is 0. The Hall–Kier alpha value is -0.875. The van der Waals surface area contributed by atoms with E-state index in [4.69, 9.17) is 9.31 Å². The SMILES string of the molecule is CC1(C)OB(c2cccn2CC(F)F)OC1(C)C. The van der Waals surface area contributed by atoms with Crippen molar-refractivity contribution in [3.8, 4) is 0 Å². The molecule has 1 saturated heterocycles. The minimum atomic E-state index is -2.39. The molecule has 1 aromatic heterocycles. The highest BCUT2D eigenvalue weighted by Gasteiger charge is 2.52. The minimum absolute atomic E-state index is 0.341. The Labute approximate surface area is 106 Å². The minimum Gasteiger partial charge on any atom is -0.398 e. The van der Waals surface area contributed by atoms with Gasteiger partial charge < -0.3 is 13.9 Å². The van der Waals surface area contributed by atoms with Crippen molar-refractivity contribution in [2.45, 2.75) is 51.9 Å². The van der Waals surface area contributed by atoms with Crippen molar-refractivity contribution in [3.05, 3.63) is 18.3 Å². The van der Waals surface area contributed by atoms with Crippen molar-refractivity contribution in [1.29, 1.82) is 0 Å². The molecular formula is C12H18BF2NO2. The Balaban J connectivity index is 2.22. The van der Waals surface area contributed by atoms with Gasteiger partial charge in [0.25, 0.3) is 6.43 Å². The maximum absolute atomic E-state index is 12.5. The van der Waals surface area contributed by atoms with E-state index in [1.807, 2.05) is 27.7 Å². The summed E-state index contributed by atoms with van der Waals surface area (Å²) in [4.78, 5) is 0. The van der Waals surface area contributed by atoms with Crippen LogP contribution in [0.25, 0.3) is 0 Å². The summed E-state index contributed by atoms with van der Waals surface area (Å²) in [5, 5.41) is 0. The standard InChI is InChI=1S/C12H18BF2NO2/c1-11(2)12(3,4)18-13(17-11)9-6-5-7-16(9)8-10(14)15/h5-7,10H,8H2,1-4H3. The lowest BCUT2D eigenvalue weighted by atomic mass is 9.84. The molecule has 1 aliphatic rings. The smallest absolute Gasteiger partial charge is 0.398 e. The molecule has 1 aliphatic heterocycles. The molecule has 100 valence electrons. The van der Waals surface area contributed by atoms with Crippen LogP contribution >= 0.6 is 0 Å². The lowest BCUT2D eigenvalue weighted by Gasteiger charge is -2.32. The molecule has 18 heavy (non-hydrogen) atoms. The van der Waals surface area contributed by atoms with Gasteiger partial charge >= 0.3 is 7.12 Å². The Bertz CT molecular complexity index is 415. The summed E-state index contributed by atoms with van der Waals surface area (Å²) in [5.74, 6) is 0. The topological polar surface area (TPSA) is 23.4 Å². The second-order valence-electron chi connectivity index (χ2n) is 5.56. The summed E-state index contributed by atoms with van der Waals surface area (Å²) in [6.45, 7) is 7.41. The third kappa shape index (κ3) is 2.31. The van der Waals surface area contributed by atoms with E-state index >= 15 is 0 Å². The van der Waals surface area contributed by atoms with E-state index in [2.05, 4.69) is 0 Å². The molecule has 3 nitrogen and oxygen atoms in total. The Morgan fingerprint density at radius 3 is 2.28 bits per heavy atom. The van der Waals surface area contributed by atoms with Crippen LogP contribution in [0.3, 0.4) is 0 Å². The fraction of sp³-hybridized carbons (Fsp3) is 0.667. The van der Waals surface area contributed by atoms with E-state index in [0.717, 1.165) is 0 Å². The van der Waals surface area contributed by atoms with Gasteiger partial charge in [0.1, 0.15) is 0 Å². The number of aromatic nitrogens is 1. The average molecular weight is 257 g/mol. The lowest BCUT2D eigenvalue weighted by molar-refractivity contribution is 0.00578. The normalized spacial score (nSPS) is 21.8. The van der Waals surface area contributed by atoms with Gasteiger partial charge in [0.05, 0.1) is 17.7 Å². The molecule has 6 heteroatoms. The quantitative estimate of drug-likeness (QED) is 0.773. The molecule has 2 heterocycles. The van der Waals surface area contributed by atoms with Crippen molar-refractivity contribution < 1.29 is 18.1 Å². The zero-order chi connectivity index (χ0) is 13.6. The zero-order valence-electron chi connectivity index (χ0n) is 11.1. The van der Waals surface area contributed by atoms with Crippen molar-refractivity contribution in [2.75, 3.05) is 0 Å². The third-order valence-corrected chi connectivity index (χ3v) is 3.69. The van der Waals surface area contributed by atoms with E-state index in [-0.39, 0.29) is 6.54 Å². The molecule has 0 radical (unpaired) electrons. The fourth-order valence-electron chi connectivity index (χ4n) is 1.92. The summed E-state index contributed by atoms with van der Waals surface area (Å²) < 4.78 is 38.1. The van der Waals surface area contributed by atoms with Crippen LogP contribution in [0.4, 0.5) is 8.78 Å². The molecule has 0 atom stereocenters. The van der Waals surface area contributed by atoms with Crippen molar-refractivity contribution >= 4 is 12.7 Å². The Morgan fingerprint density at radius 2 is 1.78 bits per heavy atom. The van der Waals surface area contributed by atoms with Gasteiger partial charge in [-0.05, 0) is 39.8 Å². The average Bonchev–Trinajstić information content (AvgIpc) is 2.69. The summed E-state index contributed by atoms with van der Waals surface area (Å²) >= 11 is 0. The number of halogens is 2. The Kier molecular flexibility index (Phi) is 3.27. The van der Waals surface area contributed by atoms with Gasteiger partial charge in [-0.15, -0.1) is 0 Å². The largest absolute Gasteiger partial charge is 0.512 e. The molecule has 0 aromatic carbocycles. The van der Waals surface area contributed by atoms with E-state index in [1.165, 1.54) is 4.57 Å². The number of nitrogens with zero attached hydrogens (tertiary/aromatic N) is 1. The molecule has 0 saturated carbocycles. The lowest BCUT2D eigenvalue weighted by Crippen LogP contribution is -2.41. The van der Waals surface area contributed by atoms with Crippen LogP contribution in [0.1, 0.15) is 27.7 Å². The summed E-state index contributed by atoms with van der Waals surface area (Å²) in [7, 11) is -0.594. The second-order valence-corrected chi connectivity index (χ2v) is 5.56. The summed E-state index contributed by atoms with van der Waals surface area (Å²) in [5.41, 5.74) is -0.288. The molecule has 1 aromatic rings. The molecule has 0 amide bonds. The molecule has 2 rings (SSSR count). The third-order valence-electron chi connectivity index (χ3n) is 3.69. The molecule has 0 unspecified atom stereocenters. The maximum Gasteiger partial charge on any atom is 0.512 e. The van der Waals surface area contributed by atoms with Crippen molar-refractivity contribution in [3.63, 3.8) is 0 Å². The fourth-order valence-corrected chi connectivity index (χ4v) is 1.92. The van der Waals surface area contributed by atoms with Gasteiger partial charge in [-0.25, -0.2) is 8.78 Å². The number of rotatable bonds is 3. The van der Waals surface area contributed by atoms with E-state index < -0.39 is 24.7 Å². The first-order valence-electron chi connectivity index (χ1n) is 6.02. The predicted molar refractivity (Wildman–Crippen MR) is 66.2 cm³/mol. The highest BCUT2D eigenvalue weighted by Crippen LogP contribution is 2.36. The summed E-state index contributed by atoms with van der Waals surface area (Å²) in [6.07, 6.45) is -0.773. The van der Waals surface area contributed by atoms with Gasteiger partial charge in [0.2, 0.25) is 0 Å². The van der Waals surface area contributed by atoms with E-state index in [0.29, 0.717) is 5.59 Å². The van der Waals surface area contributed by atoms with Crippen LogP contribution in [-0.4, -0.2) is 29.3 Å². The van der Waals surface area contributed by atoms with Gasteiger partial charge in [-0.1, -0.05) is 0 Å². The maximum atomic E-state index is 12.5. The molecule has 0 aliphatic carbocycles. The number of alkyl halides is 2. The van der Waals surface area contributed by atoms with Crippen LogP contribution in [0.15, 0.2) is 18.3 Å². The monoisotopic (exact) mass is 257 g/mol. The van der Waals surface area contributed by atoms with Crippen LogP contribution in [0.2, 0.25) is 0 Å². The van der Waals surface area contributed by atoms with Gasteiger partial charge in [-0.2, -0.15) is 0 Å². The van der Waals surface area contributed by atoms with Crippen LogP contribution < -0.4 is 5.59 Å². The first-order chi connectivity index (χ1) is 8.23. The molecule has 0 bridgehead atoms. The molecular weight excluding hydrogens is 239 g/mol. The van der Waals surface area contributed by atoms with Crippen LogP contribution in [0.5, 0.6) is 0 Å². The first kappa shape index (κ1) is 13.6. The van der Waals surface area contributed by atoms with Gasteiger partial charge in [0, 0.05) is 11.8 Å². The van der Waals surface area contributed by atoms with Crippen molar-refractivity contribution in [1.82, 2.24) is 4.57 Å². The number of hydrogen-bond acceptors (Lipinski definition) is 2. The highest BCUT2D eigenvalue weighted by atomic mass is 19.3. The van der Waals surface area contributed by atoms with E-state index in [1.54, 1.807) is 18.3 Å². The van der Waals surface area contributed by atoms with E-state index in [9.17, 15) is 8.78 Å². The van der Waals surface area contributed by atoms with Crippen LogP contribution in [-0.2, 0) is 15.9 Å². The highest BCUT2D eigenvalue weighted by molar-refractivity contribution is 6.61. The first-order valence-corrected chi connectivity index (χ1v) is 6.02. The van der Waals surface area contributed by atoms with Gasteiger partial charge in [-0.3, -0.25) is 0 Å². The molecule has 0 N–H and O–H groups in total. The molecule has 1 fully saturated rings. The van der Waals surface area contributed by atoms with Crippen LogP contribution in [0, 0.1) is 0 Å². The molecule has 0 spiro atoms. The zero-order valence-corrected chi connectivity index (χ0v) is 11.1. The summed E-state index contributed by atoms with van der Waals surface area (Å²) in [6, 6.07) is 3.48. The predicted octanol–water partition coefficient (Wildman–Crippen LogP) is 2.05. The Morgan fingerprint density at radius 1 is 1.22 bits per heavy atom.